The summed E-state index contributed by atoms with van der Waals surface area (Å²) in [6, 6.07) is 14.2. The monoisotopic (exact) mass is 793 g/mol. The molecule has 53 heavy (non-hydrogen) atoms. The molecule has 0 spiro atoms. The van der Waals surface area contributed by atoms with Crippen molar-refractivity contribution in [2.45, 2.75) is 141 Å². The molecule has 2 aromatic carbocycles. The number of carbonyl (C=O) groups is 4. The minimum atomic E-state index is -0.128. The van der Waals surface area contributed by atoms with Crippen LogP contribution in [0, 0.1) is 0 Å². The topological polar surface area (TPSA) is 96.0 Å². The molecule has 5 rings (SSSR count). The highest BCUT2D eigenvalue weighted by molar-refractivity contribution is 9.09. The van der Waals surface area contributed by atoms with Crippen molar-refractivity contribution in [1.29, 1.82) is 0 Å². The number of nitrogens with one attached hydrogen (secondary N) is 1. The zero-order chi connectivity index (χ0) is 37.5. The zero-order valence-electron chi connectivity index (χ0n) is 32.1. The summed E-state index contributed by atoms with van der Waals surface area (Å²) in [7, 11) is 0. The number of fused-ring (bicyclic) bond motifs is 2. The van der Waals surface area contributed by atoms with Crippen molar-refractivity contribution in [3.63, 3.8) is 0 Å². The Kier molecular flexibility index (Phi) is 20.4. The van der Waals surface area contributed by atoms with E-state index in [-0.39, 0.29) is 23.6 Å². The molecule has 1 N–H and O–H groups in total. The third-order valence-electron chi connectivity index (χ3n) is 10.7. The van der Waals surface area contributed by atoms with Crippen molar-refractivity contribution in [1.82, 2.24) is 15.1 Å². The van der Waals surface area contributed by atoms with Crippen LogP contribution in [0.4, 0.5) is 0 Å². The zero-order valence-corrected chi connectivity index (χ0v) is 33.7. The van der Waals surface area contributed by atoms with Gasteiger partial charge in [0.05, 0.1) is 35.0 Å². The lowest BCUT2D eigenvalue weighted by atomic mass is 10.0. The number of unbranched alkanes of at least 4 members (excludes halogenated alkanes) is 18. The van der Waals surface area contributed by atoms with Gasteiger partial charge in [-0.2, -0.15) is 0 Å². The summed E-state index contributed by atoms with van der Waals surface area (Å²) >= 11 is 3.46. The van der Waals surface area contributed by atoms with E-state index in [9.17, 15) is 19.2 Å². The summed E-state index contributed by atoms with van der Waals surface area (Å²) in [4.78, 5) is 51.9. The van der Waals surface area contributed by atoms with Gasteiger partial charge in [-0.3, -0.25) is 29.0 Å². The number of alkyl halides is 1. The number of hydrogen-bond donors (Lipinski definition) is 1. The molecule has 1 unspecified atom stereocenters. The van der Waals surface area contributed by atoms with E-state index in [1.165, 1.54) is 119 Å². The van der Waals surface area contributed by atoms with Gasteiger partial charge in [-0.05, 0) is 49.9 Å². The molecule has 0 aromatic heterocycles. The molecular formula is C44H64BrN3O5. The maximum Gasteiger partial charge on any atom is 0.261 e. The normalized spacial score (nSPS) is 16.6. The number of benzene rings is 2. The van der Waals surface area contributed by atoms with Crippen LogP contribution in [0.15, 0.2) is 48.5 Å². The first-order valence-electron chi connectivity index (χ1n) is 20.8. The Morgan fingerprint density at radius 3 is 1.19 bits per heavy atom. The van der Waals surface area contributed by atoms with Gasteiger partial charge in [0.25, 0.3) is 23.6 Å². The maximum atomic E-state index is 12.3. The Morgan fingerprint density at radius 1 is 0.509 bits per heavy atom. The number of ether oxygens (including phenoxy) is 1. The quantitative estimate of drug-likeness (QED) is 0.0611. The molecular weight excluding hydrogens is 730 g/mol. The van der Waals surface area contributed by atoms with Gasteiger partial charge in [0.15, 0.2) is 0 Å². The summed E-state index contributed by atoms with van der Waals surface area (Å²) in [5, 5.41) is 4.51. The number of morpholine rings is 1. The van der Waals surface area contributed by atoms with Gasteiger partial charge in [-0.25, -0.2) is 0 Å². The van der Waals surface area contributed by atoms with Crippen LogP contribution in [0.5, 0.6) is 0 Å². The molecule has 3 aliphatic rings. The number of rotatable bonds is 25. The fourth-order valence-corrected chi connectivity index (χ4v) is 7.92. The molecule has 1 fully saturated rings. The third-order valence-corrected chi connectivity index (χ3v) is 11.2. The second kappa shape index (κ2) is 25.2. The molecule has 8 nitrogen and oxygen atoms in total. The van der Waals surface area contributed by atoms with Crippen LogP contribution in [0.3, 0.4) is 0 Å². The predicted molar refractivity (Wildman–Crippen MR) is 217 cm³/mol. The van der Waals surface area contributed by atoms with E-state index >= 15 is 0 Å². The lowest BCUT2D eigenvalue weighted by Gasteiger charge is -2.23. The number of carbonyl (C=O) groups excluding carboxylic acids is 4. The van der Waals surface area contributed by atoms with E-state index in [2.05, 4.69) is 21.2 Å². The first-order chi connectivity index (χ1) is 26.0. The Labute approximate surface area is 327 Å². The Bertz CT molecular complexity index is 1340. The lowest BCUT2D eigenvalue weighted by molar-refractivity contribution is 0.0220. The van der Waals surface area contributed by atoms with Gasteiger partial charge < -0.3 is 10.1 Å². The van der Waals surface area contributed by atoms with Crippen LogP contribution in [-0.2, 0) is 4.74 Å². The molecule has 2 aromatic rings. The number of imide groups is 2. The summed E-state index contributed by atoms with van der Waals surface area (Å²) in [6.07, 6.45) is 26.4. The average molecular weight is 795 g/mol. The molecule has 1 saturated heterocycles. The first-order valence-corrected chi connectivity index (χ1v) is 21.9. The molecule has 292 valence electrons. The van der Waals surface area contributed by atoms with Crippen molar-refractivity contribution < 1.29 is 23.9 Å². The minimum Gasteiger partial charge on any atom is -0.376 e. The standard InChI is InChI=1S/C24H36N2O3.C20H28BrNO2/c27-23-21-14-10-11-15-22(21)24(28)26(23)17-12-8-6-4-2-1-3-5-7-9-13-20-19-25-16-18-29-20;21-15-11-7-5-3-1-2-4-6-8-12-16-22-19(23)17-13-9-10-14-18(17)20(22)24/h10-11,14-15,20,25H,1-9,12-13,16-19H2;9-10,13-14H,1-8,11-12,15-16H2. The van der Waals surface area contributed by atoms with E-state index in [0.717, 1.165) is 50.7 Å². The van der Waals surface area contributed by atoms with Gasteiger partial charge in [0.2, 0.25) is 0 Å². The highest BCUT2D eigenvalue weighted by atomic mass is 79.9. The lowest BCUT2D eigenvalue weighted by Crippen LogP contribution is -2.38. The number of nitrogens with zero attached hydrogens (tertiary/aromatic N) is 2. The molecule has 4 amide bonds. The molecule has 9 heteroatoms. The van der Waals surface area contributed by atoms with Crippen LogP contribution in [-0.4, -0.2) is 77.6 Å². The van der Waals surface area contributed by atoms with Crippen LogP contribution in [0.1, 0.15) is 176 Å². The van der Waals surface area contributed by atoms with E-state index in [1.807, 2.05) is 24.3 Å². The predicted octanol–water partition coefficient (Wildman–Crippen LogP) is 10.1. The van der Waals surface area contributed by atoms with Gasteiger partial charge in [0, 0.05) is 31.5 Å². The van der Waals surface area contributed by atoms with Gasteiger partial charge in [0.1, 0.15) is 0 Å². The van der Waals surface area contributed by atoms with E-state index < -0.39 is 0 Å². The first kappa shape index (κ1) is 42.9. The fourth-order valence-electron chi connectivity index (χ4n) is 7.52. The SMILES string of the molecule is O=C1c2ccccc2C(=O)N1CCCCCCCCCCCCBr.O=C1c2ccccc2C(=O)N1CCCCCCCCCCCCC1CNCCO1. The Balaban J connectivity index is 0.000000241. The largest absolute Gasteiger partial charge is 0.376 e. The second-order valence-corrected chi connectivity index (χ2v) is 15.7. The molecule has 3 aliphatic heterocycles. The van der Waals surface area contributed by atoms with E-state index in [0.29, 0.717) is 41.4 Å². The number of amides is 4. The van der Waals surface area contributed by atoms with Crippen molar-refractivity contribution >= 4 is 39.6 Å². The van der Waals surface area contributed by atoms with Crippen LogP contribution < -0.4 is 5.32 Å². The summed E-state index contributed by atoms with van der Waals surface area (Å²) in [5.74, 6) is -0.507. The maximum absolute atomic E-state index is 12.3. The van der Waals surface area contributed by atoms with Gasteiger partial charge in [-0.15, -0.1) is 0 Å². The number of halogens is 1. The smallest absolute Gasteiger partial charge is 0.261 e. The molecule has 3 heterocycles. The van der Waals surface area contributed by atoms with Crippen LogP contribution >= 0.6 is 15.9 Å². The summed E-state index contributed by atoms with van der Waals surface area (Å²) in [5.41, 5.74) is 2.23. The summed E-state index contributed by atoms with van der Waals surface area (Å²) in [6.45, 7) is 3.99. The highest BCUT2D eigenvalue weighted by Crippen LogP contribution is 2.24. The summed E-state index contributed by atoms with van der Waals surface area (Å²) < 4.78 is 5.73. The molecule has 0 bridgehead atoms. The molecule has 0 saturated carbocycles. The highest BCUT2D eigenvalue weighted by Gasteiger charge is 2.35. The van der Waals surface area contributed by atoms with Crippen LogP contribution in [0.2, 0.25) is 0 Å². The van der Waals surface area contributed by atoms with Crippen molar-refractivity contribution in [2.75, 3.05) is 38.1 Å². The molecule has 1 atom stereocenters. The van der Waals surface area contributed by atoms with Gasteiger partial charge >= 0.3 is 0 Å². The minimum absolute atomic E-state index is 0.126. The molecule has 0 aliphatic carbocycles. The Hall–Kier alpha value is -2.88. The molecule has 0 radical (unpaired) electrons. The fraction of sp³-hybridized carbons (Fsp3) is 0.636. The number of hydrogen-bond acceptors (Lipinski definition) is 6. The third kappa shape index (κ3) is 14.4. The van der Waals surface area contributed by atoms with E-state index in [4.69, 9.17) is 4.74 Å². The van der Waals surface area contributed by atoms with E-state index in [1.54, 1.807) is 24.3 Å². The van der Waals surface area contributed by atoms with Gasteiger partial charge in [-0.1, -0.05) is 149 Å². The Morgan fingerprint density at radius 2 is 0.849 bits per heavy atom. The second-order valence-electron chi connectivity index (χ2n) is 14.9. The van der Waals surface area contributed by atoms with Crippen molar-refractivity contribution in [3.8, 4) is 0 Å². The van der Waals surface area contributed by atoms with Crippen LogP contribution in [0.25, 0.3) is 0 Å². The van der Waals surface area contributed by atoms with Crippen molar-refractivity contribution in [3.05, 3.63) is 70.8 Å². The van der Waals surface area contributed by atoms with Crippen molar-refractivity contribution in [2.24, 2.45) is 0 Å². The average Bonchev–Trinajstić information content (AvgIpc) is 3.58.